The minimum absolute atomic E-state index is 0.0841. The minimum Gasteiger partial charge on any atom is -0.356 e. The third-order valence-corrected chi connectivity index (χ3v) is 5.31. The molecular weight excluding hydrogens is 355 g/mol. The van der Waals surface area contributed by atoms with Crippen molar-refractivity contribution in [1.82, 2.24) is 10.2 Å². The van der Waals surface area contributed by atoms with E-state index in [1.54, 1.807) is 17.0 Å². The summed E-state index contributed by atoms with van der Waals surface area (Å²) in [6.45, 7) is 1.84. The van der Waals surface area contributed by atoms with E-state index in [-0.39, 0.29) is 17.4 Å². The van der Waals surface area contributed by atoms with Gasteiger partial charge in [0, 0.05) is 26.1 Å². The van der Waals surface area contributed by atoms with E-state index in [9.17, 15) is 14.0 Å². The van der Waals surface area contributed by atoms with Crippen molar-refractivity contribution in [3.63, 3.8) is 0 Å². The van der Waals surface area contributed by atoms with Crippen molar-refractivity contribution >= 4 is 11.8 Å². The molecule has 0 saturated carbocycles. The Morgan fingerprint density at radius 1 is 1.00 bits per heavy atom. The molecule has 0 radical (unpaired) electrons. The van der Waals surface area contributed by atoms with E-state index in [1.165, 1.54) is 17.7 Å². The number of nitrogens with one attached hydrogen (secondary N) is 1. The van der Waals surface area contributed by atoms with Gasteiger partial charge in [-0.25, -0.2) is 4.39 Å². The lowest BCUT2D eigenvalue weighted by atomic mass is 9.96. The largest absolute Gasteiger partial charge is 0.356 e. The second-order valence-electron chi connectivity index (χ2n) is 7.36. The molecule has 2 aromatic carbocycles. The summed E-state index contributed by atoms with van der Waals surface area (Å²) >= 11 is 0. The Kier molecular flexibility index (Phi) is 7.18. The van der Waals surface area contributed by atoms with E-state index in [4.69, 9.17) is 0 Å². The Bertz CT molecular complexity index is 786. The zero-order valence-electron chi connectivity index (χ0n) is 16.1. The fourth-order valence-electron chi connectivity index (χ4n) is 3.59. The van der Waals surface area contributed by atoms with Crippen LogP contribution in [0.15, 0.2) is 54.6 Å². The number of hydrogen-bond acceptors (Lipinski definition) is 2. The van der Waals surface area contributed by atoms with Gasteiger partial charge in [0.25, 0.3) is 5.91 Å². The zero-order valence-corrected chi connectivity index (χ0v) is 16.1. The molecule has 1 N–H and O–H groups in total. The van der Waals surface area contributed by atoms with Gasteiger partial charge >= 0.3 is 0 Å². The normalized spacial score (nSPS) is 14.7. The molecule has 1 heterocycles. The molecule has 1 aliphatic rings. The predicted octanol–water partition coefficient (Wildman–Crippen LogP) is 3.82. The lowest BCUT2D eigenvalue weighted by Gasteiger charge is -2.32. The van der Waals surface area contributed by atoms with Crippen LogP contribution in [-0.4, -0.2) is 36.3 Å². The van der Waals surface area contributed by atoms with Crippen LogP contribution in [0.25, 0.3) is 0 Å². The molecule has 5 heteroatoms. The molecule has 0 spiro atoms. The Balaban J connectivity index is 1.34. The number of benzene rings is 2. The Morgan fingerprint density at radius 2 is 1.68 bits per heavy atom. The fourth-order valence-corrected chi connectivity index (χ4v) is 3.59. The first-order valence-corrected chi connectivity index (χ1v) is 9.98. The van der Waals surface area contributed by atoms with Crippen molar-refractivity contribution in [1.29, 1.82) is 0 Å². The van der Waals surface area contributed by atoms with Crippen LogP contribution < -0.4 is 5.32 Å². The van der Waals surface area contributed by atoms with Crippen LogP contribution in [0.4, 0.5) is 4.39 Å². The highest BCUT2D eigenvalue weighted by Crippen LogP contribution is 2.19. The lowest BCUT2D eigenvalue weighted by molar-refractivity contribution is -0.121. The number of amides is 2. The third kappa shape index (κ3) is 5.65. The van der Waals surface area contributed by atoms with Gasteiger partial charge in [-0.05, 0) is 49.3 Å². The average molecular weight is 382 g/mol. The number of carbonyl (C=O) groups excluding carboxylic acids is 2. The smallest absolute Gasteiger partial charge is 0.256 e. The van der Waals surface area contributed by atoms with Crippen LogP contribution >= 0.6 is 0 Å². The summed E-state index contributed by atoms with van der Waals surface area (Å²) in [5.41, 5.74) is 1.38. The molecule has 3 rings (SSSR count). The number of aryl methyl sites for hydroxylation is 1. The molecule has 0 atom stereocenters. The van der Waals surface area contributed by atoms with E-state index in [2.05, 4.69) is 17.4 Å². The maximum absolute atomic E-state index is 13.8. The van der Waals surface area contributed by atoms with Crippen molar-refractivity contribution < 1.29 is 14.0 Å². The van der Waals surface area contributed by atoms with Gasteiger partial charge in [-0.2, -0.15) is 0 Å². The van der Waals surface area contributed by atoms with Crippen molar-refractivity contribution in [3.8, 4) is 0 Å². The maximum atomic E-state index is 13.8. The summed E-state index contributed by atoms with van der Waals surface area (Å²) in [4.78, 5) is 26.2. The number of carbonyl (C=O) groups is 2. The van der Waals surface area contributed by atoms with E-state index in [1.807, 2.05) is 18.2 Å². The number of hydrogen-bond donors (Lipinski definition) is 1. The molecule has 1 aliphatic heterocycles. The molecule has 2 aromatic rings. The Hall–Kier alpha value is -2.69. The highest BCUT2D eigenvalue weighted by atomic mass is 19.1. The van der Waals surface area contributed by atoms with Crippen molar-refractivity contribution in [2.75, 3.05) is 19.6 Å². The first-order valence-electron chi connectivity index (χ1n) is 9.98. The highest BCUT2D eigenvalue weighted by molar-refractivity contribution is 5.94. The molecule has 0 bridgehead atoms. The molecule has 28 heavy (non-hydrogen) atoms. The topological polar surface area (TPSA) is 49.4 Å². The lowest BCUT2D eigenvalue weighted by Crippen LogP contribution is -2.41. The van der Waals surface area contributed by atoms with Crippen LogP contribution in [-0.2, 0) is 11.2 Å². The summed E-state index contributed by atoms with van der Waals surface area (Å²) < 4.78 is 13.8. The van der Waals surface area contributed by atoms with E-state index in [0.29, 0.717) is 32.0 Å². The quantitative estimate of drug-likeness (QED) is 0.791. The van der Waals surface area contributed by atoms with Crippen LogP contribution in [0.5, 0.6) is 0 Å². The van der Waals surface area contributed by atoms with Crippen molar-refractivity contribution in [2.24, 2.45) is 5.92 Å². The van der Waals surface area contributed by atoms with Crippen LogP contribution in [0.2, 0.25) is 0 Å². The second-order valence-corrected chi connectivity index (χ2v) is 7.36. The van der Waals surface area contributed by atoms with Gasteiger partial charge in [0.05, 0.1) is 5.56 Å². The third-order valence-electron chi connectivity index (χ3n) is 5.31. The Morgan fingerprint density at radius 3 is 2.39 bits per heavy atom. The van der Waals surface area contributed by atoms with Crippen molar-refractivity contribution in [2.45, 2.75) is 32.1 Å². The summed E-state index contributed by atoms with van der Waals surface area (Å²) in [6, 6.07) is 16.3. The summed E-state index contributed by atoms with van der Waals surface area (Å²) in [5, 5.41) is 3.02. The van der Waals surface area contributed by atoms with Gasteiger partial charge in [-0.15, -0.1) is 0 Å². The van der Waals surface area contributed by atoms with Crippen LogP contribution in [0.1, 0.15) is 41.6 Å². The molecule has 1 saturated heterocycles. The highest BCUT2D eigenvalue weighted by Gasteiger charge is 2.25. The number of rotatable bonds is 7. The van der Waals surface area contributed by atoms with Gasteiger partial charge < -0.3 is 10.2 Å². The first-order chi connectivity index (χ1) is 13.6. The molecule has 148 valence electrons. The SMILES string of the molecule is O=C(CCCc1ccccc1)NCC1CCN(C(=O)c2ccccc2F)CC1. The molecular formula is C23H27FN2O2. The van der Waals surface area contributed by atoms with E-state index < -0.39 is 5.82 Å². The minimum atomic E-state index is -0.475. The van der Waals surface area contributed by atoms with Gasteiger partial charge in [-0.1, -0.05) is 42.5 Å². The average Bonchev–Trinajstić information content (AvgIpc) is 2.73. The molecule has 0 aromatic heterocycles. The summed E-state index contributed by atoms with van der Waals surface area (Å²) in [6.07, 6.45) is 3.92. The number of halogens is 1. The standard InChI is InChI=1S/C23H27FN2O2/c24-21-11-5-4-10-20(21)23(28)26-15-13-19(14-16-26)17-25-22(27)12-6-9-18-7-2-1-3-8-18/h1-5,7-8,10-11,19H,6,9,12-17H2,(H,25,27). The van der Waals surface area contributed by atoms with Crippen LogP contribution in [0.3, 0.4) is 0 Å². The first kappa shape index (κ1) is 20.1. The van der Waals surface area contributed by atoms with Gasteiger partial charge in [0.2, 0.25) is 5.91 Å². The fraction of sp³-hybridized carbons (Fsp3) is 0.391. The van der Waals surface area contributed by atoms with Crippen LogP contribution in [0, 0.1) is 11.7 Å². The Labute approximate surface area is 165 Å². The van der Waals surface area contributed by atoms with E-state index >= 15 is 0 Å². The molecule has 0 unspecified atom stereocenters. The zero-order chi connectivity index (χ0) is 19.8. The number of piperidine rings is 1. The van der Waals surface area contributed by atoms with Gasteiger partial charge in [0.15, 0.2) is 0 Å². The molecule has 0 aliphatic carbocycles. The second kappa shape index (κ2) is 10.0. The monoisotopic (exact) mass is 382 g/mol. The van der Waals surface area contributed by atoms with Gasteiger partial charge in [-0.3, -0.25) is 9.59 Å². The molecule has 4 nitrogen and oxygen atoms in total. The van der Waals surface area contributed by atoms with E-state index in [0.717, 1.165) is 25.7 Å². The number of likely N-dealkylation sites (tertiary alicyclic amines) is 1. The predicted molar refractivity (Wildman–Crippen MR) is 107 cm³/mol. The molecule has 2 amide bonds. The molecule has 1 fully saturated rings. The summed E-state index contributed by atoms with van der Waals surface area (Å²) in [5.74, 6) is -0.276. The maximum Gasteiger partial charge on any atom is 0.256 e. The van der Waals surface area contributed by atoms with Gasteiger partial charge in [0.1, 0.15) is 5.82 Å². The summed E-state index contributed by atoms with van der Waals surface area (Å²) in [7, 11) is 0. The number of nitrogens with zero attached hydrogens (tertiary/aromatic N) is 1. The van der Waals surface area contributed by atoms with Crippen molar-refractivity contribution in [3.05, 3.63) is 71.5 Å².